The van der Waals surface area contributed by atoms with Crippen LogP contribution in [0.1, 0.15) is 36.4 Å². The highest BCUT2D eigenvalue weighted by atomic mass is 16.6. The molecule has 120 valence electrons. The Balaban J connectivity index is 1.82. The molecule has 1 atom stereocenters. The van der Waals surface area contributed by atoms with Crippen LogP contribution in [0, 0.1) is 10.1 Å². The van der Waals surface area contributed by atoms with Gasteiger partial charge < -0.3 is 5.11 Å². The van der Waals surface area contributed by atoms with Gasteiger partial charge in [0.2, 0.25) is 0 Å². The van der Waals surface area contributed by atoms with Gasteiger partial charge in [0.25, 0.3) is 0 Å². The highest BCUT2D eigenvalue weighted by molar-refractivity contribution is 5.47. The number of likely N-dealkylation sites (tertiary alicyclic amines) is 1. The van der Waals surface area contributed by atoms with E-state index in [-0.39, 0.29) is 17.5 Å². The first kappa shape index (κ1) is 15.4. The highest BCUT2D eigenvalue weighted by Crippen LogP contribution is 2.33. The van der Waals surface area contributed by atoms with Crippen LogP contribution < -0.4 is 0 Å². The van der Waals surface area contributed by atoms with Crippen molar-refractivity contribution in [2.75, 3.05) is 6.54 Å². The molecular weight excluding hydrogens is 294 g/mol. The van der Waals surface area contributed by atoms with Gasteiger partial charge in [0.1, 0.15) is 0 Å². The van der Waals surface area contributed by atoms with E-state index in [2.05, 4.69) is 16.0 Å². The van der Waals surface area contributed by atoms with E-state index in [0.29, 0.717) is 6.54 Å². The van der Waals surface area contributed by atoms with Crippen LogP contribution in [0.25, 0.3) is 0 Å². The van der Waals surface area contributed by atoms with Gasteiger partial charge >= 0.3 is 5.69 Å². The van der Waals surface area contributed by atoms with Crippen molar-refractivity contribution in [3.63, 3.8) is 0 Å². The number of phenolic OH excluding ortho intramolecular Hbond substituents is 1. The van der Waals surface area contributed by atoms with Gasteiger partial charge in [-0.25, -0.2) is 0 Å². The molecule has 1 aliphatic rings. The van der Waals surface area contributed by atoms with Crippen molar-refractivity contribution in [2.45, 2.75) is 31.8 Å². The van der Waals surface area contributed by atoms with Crippen molar-refractivity contribution in [2.24, 2.45) is 0 Å². The van der Waals surface area contributed by atoms with E-state index in [1.807, 2.05) is 12.3 Å². The summed E-state index contributed by atoms with van der Waals surface area (Å²) in [5, 5.41) is 20.6. The number of rotatable bonds is 4. The average Bonchev–Trinajstić information content (AvgIpc) is 2.57. The molecule has 0 bridgehead atoms. The van der Waals surface area contributed by atoms with Gasteiger partial charge in [0, 0.05) is 31.0 Å². The summed E-state index contributed by atoms with van der Waals surface area (Å²) in [6.45, 7) is 1.58. The lowest BCUT2D eigenvalue weighted by molar-refractivity contribution is -0.385. The molecular formula is C17H19N3O3. The fraction of sp³-hybridized carbons (Fsp3) is 0.353. The first-order chi connectivity index (χ1) is 11.1. The number of hydrogen-bond acceptors (Lipinski definition) is 5. The Morgan fingerprint density at radius 1 is 1.35 bits per heavy atom. The van der Waals surface area contributed by atoms with Crippen molar-refractivity contribution in [3.05, 3.63) is 64.0 Å². The fourth-order valence-corrected chi connectivity index (χ4v) is 3.18. The first-order valence-corrected chi connectivity index (χ1v) is 7.75. The monoisotopic (exact) mass is 313 g/mol. The number of phenols is 1. The van der Waals surface area contributed by atoms with Crippen LogP contribution in [0.3, 0.4) is 0 Å². The van der Waals surface area contributed by atoms with Crippen LogP contribution in [-0.4, -0.2) is 26.5 Å². The normalized spacial score (nSPS) is 18.7. The third-order valence-corrected chi connectivity index (χ3v) is 4.31. The zero-order valence-corrected chi connectivity index (χ0v) is 12.8. The van der Waals surface area contributed by atoms with Gasteiger partial charge in [0.05, 0.1) is 4.92 Å². The van der Waals surface area contributed by atoms with Crippen LogP contribution >= 0.6 is 0 Å². The molecule has 0 aliphatic carbocycles. The van der Waals surface area contributed by atoms with Crippen LogP contribution in [-0.2, 0) is 6.54 Å². The average molecular weight is 313 g/mol. The summed E-state index contributed by atoms with van der Waals surface area (Å²) < 4.78 is 0. The van der Waals surface area contributed by atoms with Crippen LogP contribution in [0.4, 0.5) is 5.69 Å². The molecule has 0 spiro atoms. The fourth-order valence-electron chi connectivity index (χ4n) is 3.18. The lowest BCUT2D eigenvalue weighted by Gasteiger charge is -2.35. The van der Waals surface area contributed by atoms with Gasteiger partial charge in [-0.2, -0.15) is 0 Å². The van der Waals surface area contributed by atoms with Crippen molar-refractivity contribution < 1.29 is 10.0 Å². The summed E-state index contributed by atoms with van der Waals surface area (Å²) in [5.41, 5.74) is 1.78. The summed E-state index contributed by atoms with van der Waals surface area (Å²) >= 11 is 0. The number of nitro groups is 1. The molecule has 1 N–H and O–H groups in total. The Kier molecular flexibility index (Phi) is 4.52. The molecule has 6 heteroatoms. The van der Waals surface area contributed by atoms with E-state index in [1.165, 1.54) is 24.1 Å². The minimum absolute atomic E-state index is 0.238. The van der Waals surface area contributed by atoms with Crippen molar-refractivity contribution >= 4 is 5.69 Å². The number of nitro benzene ring substituents is 1. The largest absolute Gasteiger partial charge is 0.502 e. The van der Waals surface area contributed by atoms with Crippen molar-refractivity contribution in [1.82, 2.24) is 9.88 Å². The molecule has 1 aromatic heterocycles. The number of aromatic hydroxyl groups is 1. The zero-order chi connectivity index (χ0) is 16.2. The van der Waals surface area contributed by atoms with Crippen LogP contribution in [0.5, 0.6) is 5.75 Å². The SMILES string of the molecule is O=[N+]([O-])c1cc(CN2CCCC[C@H]2c2cccnc2)ccc1O. The molecule has 0 unspecified atom stereocenters. The molecule has 1 fully saturated rings. The highest BCUT2D eigenvalue weighted by Gasteiger charge is 2.25. The Morgan fingerprint density at radius 3 is 2.96 bits per heavy atom. The molecule has 23 heavy (non-hydrogen) atoms. The molecule has 0 radical (unpaired) electrons. The third kappa shape index (κ3) is 3.48. The smallest absolute Gasteiger partial charge is 0.311 e. The van der Waals surface area contributed by atoms with E-state index in [0.717, 1.165) is 24.9 Å². The molecule has 3 rings (SSSR count). The maximum absolute atomic E-state index is 11.0. The number of pyridine rings is 1. The second kappa shape index (κ2) is 6.75. The molecule has 2 heterocycles. The summed E-state index contributed by atoms with van der Waals surface area (Å²) in [6, 6.07) is 8.91. The molecule has 2 aromatic rings. The maximum Gasteiger partial charge on any atom is 0.311 e. The van der Waals surface area contributed by atoms with Gasteiger partial charge in [0.15, 0.2) is 5.75 Å². The Labute approximate surface area is 134 Å². The Morgan fingerprint density at radius 2 is 2.22 bits per heavy atom. The maximum atomic E-state index is 11.0. The molecule has 1 aromatic carbocycles. The second-order valence-corrected chi connectivity index (χ2v) is 5.85. The third-order valence-electron chi connectivity index (χ3n) is 4.31. The Hall–Kier alpha value is -2.47. The minimum Gasteiger partial charge on any atom is -0.502 e. The van der Waals surface area contributed by atoms with Gasteiger partial charge in [-0.05, 0) is 42.6 Å². The number of benzene rings is 1. The van der Waals surface area contributed by atoms with Gasteiger partial charge in [-0.1, -0.05) is 18.6 Å². The number of piperidine rings is 1. The summed E-state index contributed by atoms with van der Waals surface area (Å²) in [7, 11) is 0. The molecule has 6 nitrogen and oxygen atoms in total. The number of aromatic nitrogens is 1. The van der Waals surface area contributed by atoms with Crippen LogP contribution in [0.2, 0.25) is 0 Å². The predicted molar refractivity (Wildman–Crippen MR) is 86.0 cm³/mol. The molecule has 0 saturated carbocycles. The van der Waals surface area contributed by atoms with E-state index >= 15 is 0 Å². The van der Waals surface area contributed by atoms with Crippen LogP contribution in [0.15, 0.2) is 42.7 Å². The molecule has 1 aliphatic heterocycles. The molecule has 1 saturated heterocycles. The predicted octanol–water partition coefficient (Wildman–Crippen LogP) is 3.42. The van der Waals surface area contributed by atoms with E-state index < -0.39 is 4.92 Å². The summed E-state index contributed by atoms with van der Waals surface area (Å²) in [6.07, 6.45) is 7.01. The standard InChI is InChI=1S/C17H19N3O3/c21-17-7-6-13(10-16(17)20(22)23)12-19-9-2-1-5-15(19)14-4-3-8-18-11-14/h3-4,6-8,10-11,15,21H,1-2,5,9,12H2/t15-/m0/s1. The quantitative estimate of drug-likeness (QED) is 0.691. The minimum atomic E-state index is -0.548. The van der Waals surface area contributed by atoms with Crippen molar-refractivity contribution in [3.8, 4) is 5.75 Å². The zero-order valence-electron chi connectivity index (χ0n) is 12.8. The van der Waals surface area contributed by atoms with Gasteiger partial charge in [-0.15, -0.1) is 0 Å². The van der Waals surface area contributed by atoms with E-state index in [1.54, 1.807) is 12.3 Å². The number of nitrogens with zero attached hydrogens (tertiary/aromatic N) is 3. The summed E-state index contributed by atoms with van der Waals surface area (Å²) in [4.78, 5) is 17.0. The topological polar surface area (TPSA) is 79.5 Å². The van der Waals surface area contributed by atoms with E-state index in [9.17, 15) is 15.2 Å². The lowest BCUT2D eigenvalue weighted by Crippen LogP contribution is -2.33. The Bertz CT molecular complexity index is 691. The summed E-state index contributed by atoms with van der Waals surface area (Å²) in [5.74, 6) is -0.291. The molecule has 0 amide bonds. The first-order valence-electron chi connectivity index (χ1n) is 7.75. The van der Waals surface area contributed by atoms with E-state index in [4.69, 9.17) is 0 Å². The lowest BCUT2D eigenvalue weighted by atomic mass is 9.95. The van der Waals surface area contributed by atoms with Crippen molar-refractivity contribution in [1.29, 1.82) is 0 Å². The second-order valence-electron chi connectivity index (χ2n) is 5.85. The van der Waals surface area contributed by atoms with Gasteiger partial charge in [-0.3, -0.25) is 20.0 Å². The number of hydrogen-bond donors (Lipinski definition) is 1.